The summed E-state index contributed by atoms with van der Waals surface area (Å²) in [7, 11) is 1.97. The quantitative estimate of drug-likeness (QED) is 0.398. The molecule has 0 aliphatic rings. The summed E-state index contributed by atoms with van der Waals surface area (Å²) in [6.45, 7) is 21.0. The molecule has 0 bridgehead atoms. The summed E-state index contributed by atoms with van der Waals surface area (Å²) < 4.78 is 2.07. The van der Waals surface area contributed by atoms with E-state index in [-0.39, 0.29) is 0 Å². The molecule has 3 aromatic rings. The molecule has 1 heterocycles. The molecule has 0 N–H and O–H groups in total. The van der Waals surface area contributed by atoms with Crippen LogP contribution in [0.3, 0.4) is 0 Å². The molecule has 2 aromatic carbocycles. The van der Waals surface area contributed by atoms with Gasteiger partial charge in [-0.2, -0.15) is 0 Å². The zero-order valence-electron chi connectivity index (χ0n) is 17.9. The summed E-state index contributed by atoms with van der Waals surface area (Å²) in [5.74, 6) is 0.821. The predicted octanol–water partition coefficient (Wildman–Crippen LogP) is 7.10. The van der Waals surface area contributed by atoms with E-state index in [0.29, 0.717) is 0 Å². The van der Waals surface area contributed by atoms with Crippen molar-refractivity contribution in [3.8, 4) is 0 Å². The Bertz CT molecular complexity index is 1100. The Morgan fingerprint density at radius 1 is 0.933 bits per heavy atom. The normalized spacial score (nSPS) is 10.5. The van der Waals surface area contributed by atoms with Crippen LogP contribution in [0.1, 0.15) is 12.7 Å². The number of benzene rings is 2. The number of nitrogens with zero attached hydrogens (tertiary/aromatic N) is 3. The number of hydrogen-bond acceptors (Lipinski definition) is 2. The molecule has 1 aromatic heterocycles. The maximum absolute atomic E-state index is 4.60. The average molecular weight is 396 g/mol. The lowest BCUT2D eigenvalue weighted by molar-refractivity contribution is 1.07. The molecule has 3 heteroatoms. The fourth-order valence-electron chi connectivity index (χ4n) is 2.89. The molecule has 30 heavy (non-hydrogen) atoms. The van der Waals surface area contributed by atoms with Gasteiger partial charge in [-0.3, -0.25) is 4.57 Å². The SMILES string of the molecule is C=C/C=C(\C)n1c(C(=C)C=C)nc2ccccc21.C=CC(=C)N(C)c1ccccc1. The van der Waals surface area contributed by atoms with Gasteiger partial charge in [-0.1, -0.05) is 75.4 Å². The second-order valence-corrected chi connectivity index (χ2v) is 6.62. The van der Waals surface area contributed by atoms with Gasteiger partial charge >= 0.3 is 0 Å². The van der Waals surface area contributed by atoms with Gasteiger partial charge in [0.2, 0.25) is 0 Å². The first-order chi connectivity index (χ1) is 14.4. The van der Waals surface area contributed by atoms with Crippen molar-refractivity contribution in [3.05, 3.63) is 123 Å². The molecule has 0 atom stereocenters. The molecule has 0 aliphatic heterocycles. The molecule has 0 aliphatic carbocycles. The zero-order chi connectivity index (χ0) is 22.1. The van der Waals surface area contributed by atoms with Gasteiger partial charge < -0.3 is 4.90 Å². The fourth-order valence-corrected chi connectivity index (χ4v) is 2.89. The van der Waals surface area contributed by atoms with Crippen LogP contribution in [-0.2, 0) is 0 Å². The maximum atomic E-state index is 4.60. The average Bonchev–Trinajstić information content (AvgIpc) is 3.18. The van der Waals surface area contributed by atoms with Crippen molar-refractivity contribution in [3.63, 3.8) is 0 Å². The number of aromatic nitrogens is 2. The number of rotatable bonds is 7. The minimum Gasteiger partial charge on any atom is -0.345 e. The summed E-state index contributed by atoms with van der Waals surface area (Å²) >= 11 is 0. The molecule has 0 radical (unpaired) electrons. The van der Waals surface area contributed by atoms with Gasteiger partial charge in [0.05, 0.1) is 11.0 Å². The van der Waals surface area contributed by atoms with Crippen LogP contribution >= 0.6 is 0 Å². The Balaban J connectivity index is 0.000000232. The molecule has 0 fully saturated rings. The van der Waals surface area contributed by atoms with E-state index in [4.69, 9.17) is 0 Å². The Morgan fingerprint density at radius 2 is 1.57 bits per heavy atom. The Morgan fingerprint density at radius 3 is 2.17 bits per heavy atom. The lowest BCUT2D eigenvalue weighted by Gasteiger charge is -2.18. The first-order valence-electron chi connectivity index (χ1n) is 9.63. The summed E-state index contributed by atoms with van der Waals surface area (Å²) in [4.78, 5) is 6.60. The molecule has 3 nitrogen and oxygen atoms in total. The van der Waals surface area contributed by atoms with Crippen LogP contribution in [0.15, 0.2) is 117 Å². The van der Waals surface area contributed by atoms with E-state index in [1.807, 2.05) is 79.5 Å². The van der Waals surface area contributed by atoms with Crippen LogP contribution < -0.4 is 4.90 Å². The number of anilines is 1. The third-order valence-corrected chi connectivity index (χ3v) is 4.62. The van der Waals surface area contributed by atoms with Crippen molar-refractivity contribution in [2.24, 2.45) is 0 Å². The molecule has 152 valence electrons. The Labute approximate surface area is 180 Å². The highest BCUT2D eigenvalue weighted by molar-refractivity contribution is 5.85. The van der Waals surface area contributed by atoms with Gasteiger partial charge in [-0.05, 0) is 43.3 Å². The minimum atomic E-state index is 0.808. The van der Waals surface area contributed by atoms with Crippen molar-refractivity contribution in [2.45, 2.75) is 6.92 Å². The zero-order valence-corrected chi connectivity index (χ0v) is 17.9. The second kappa shape index (κ2) is 10.6. The van der Waals surface area contributed by atoms with Crippen LogP contribution in [0.5, 0.6) is 0 Å². The summed E-state index contributed by atoms with van der Waals surface area (Å²) in [6, 6.07) is 18.1. The highest BCUT2D eigenvalue weighted by atomic mass is 15.1. The second-order valence-electron chi connectivity index (χ2n) is 6.62. The standard InChI is InChI=1S/C16H16N2.C11H13N/c1-5-9-13(4)18-15-11-8-7-10-14(15)17-16(18)12(3)6-2;1-4-10(2)12(3)11-8-6-5-7-9-11/h5-11H,1-3H2,4H3;4-9H,1-2H2,3H3/b13-9+;. The van der Waals surface area contributed by atoms with E-state index in [9.17, 15) is 0 Å². The van der Waals surface area contributed by atoms with E-state index >= 15 is 0 Å². The molecular weight excluding hydrogens is 366 g/mol. The fraction of sp³-hybridized carbons (Fsp3) is 0.0741. The number of likely N-dealkylation sites (N-methyl/N-ethyl adjacent to an activating group) is 1. The van der Waals surface area contributed by atoms with Crippen molar-refractivity contribution in [2.75, 3.05) is 11.9 Å². The number of fused-ring (bicyclic) bond motifs is 1. The van der Waals surface area contributed by atoms with Crippen LogP contribution in [0.25, 0.3) is 22.3 Å². The molecular formula is C27H29N3. The lowest BCUT2D eigenvalue weighted by Crippen LogP contribution is -2.13. The third-order valence-electron chi connectivity index (χ3n) is 4.62. The van der Waals surface area contributed by atoms with Gasteiger partial charge in [-0.15, -0.1) is 0 Å². The van der Waals surface area contributed by atoms with E-state index in [2.05, 4.69) is 42.4 Å². The summed E-state index contributed by atoms with van der Waals surface area (Å²) in [5, 5.41) is 0. The lowest BCUT2D eigenvalue weighted by atomic mass is 10.2. The van der Waals surface area contributed by atoms with Crippen molar-refractivity contribution >= 4 is 28.0 Å². The predicted molar refractivity (Wildman–Crippen MR) is 133 cm³/mol. The van der Waals surface area contributed by atoms with Crippen LogP contribution in [0.4, 0.5) is 5.69 Å². The minimum absolute atomic E-state index is 0.808. The third kappa shape index (κ3) is 5.15. The van der Waals surface area contributed by atoms with Crippen LogP contribution in [0.2, 0.25) is 0 Å². The first-order valence-corrected chi connectivity index (χ1v) is 9.63. The van der Waals surface area contributed by atoms with Crippen LogP contribution in [0, 0.1) is 0 Å². The Hall–Kier alpha value is -3.85. The number of para-hydroxylation sites is 3. The highest BCUT2D eigenvalue weighted by Gasteiger charge is 2.12. The van der Waals surface area contributed by atoms with Crippen molar-refractivity contribution in [1.29, 1.82) is 0 Å². The molecule has 0 unspecified atom stereocenters. The van der Waals surface area contributed by atoms with E-state index < -0.39 is 0 Å². The molecule has 0 saturated heterocycles. The van der Waals surface area contributed by atoms with Gasteiger partial charge in [-0.25, -0.2) is 4.98 Å². The molecule has 0 amide bonds. The molecule has 3 rings (SSSR count). The van der Waals surface area contributed by atoms with Crippen molar-refractivity contribution < 1.29 is 0 Å². The monoisotopic (exact) mass is 395 g/mol. The van der Waals surface area contributed by atoms with Crippen LogP contribution in [-0.4, -0.2) is 16.6 Å². The molecule has 0 saturated carbocycles. The highest BCUT2D eigenvalue weighted by Crippen LogP contribution is 2.25. The summed E-state index contributed by atoms with van der Waals surface area (Å²) in [5.41, 5.74) is 5.90. The maximum Gasteiger partial charge on any atom is 0.144 e. The van der Waals surface area contributed by atoms with E-state index in [1.54, 1.807) is 18.2 Å². The van der Waals surface area contributed by atoms with Gasteiger partial charge in [0.15, 0.2) is 0 Å². The largest absolute Gasteiger partial charge is 0.345 e. The van der Waals surface area contributed by atoms with E-state index in [1.165, 1.54) is 0 Å². The Kier molecular flexibility index (Phi) is 7.95. The number of imidazole rings is 1. The van der Waals surface area contributed by atoms with E-state index in [0.717, 1.165) is 39.5 Å². The van der Waals surface area contributed by atoms with Gasteiger partial charge in [0, 0.05) is 29.7 Å². The molecule has 0 spiro atoms. The van der Waals surface area contributed by atoms with Crippen molar-refractivity contribution in [1.82, 2.24) is 9.55 Å². The number of allylic oxidation sites excluding steroid dienone is 6. The summed E-state index contributed by atoms with van der Waals surface area (Å²) in [6.07, 6.45) is 7.18. The topological polar surface area (TPSA) is 21.1 Å². The van der Waals surface area contributed by atoms with Gasteiger partial charge in [0.1, 0.15) is 5.82 Å². The van der Waals surface area contributed by atoms with Gasteiger partial charge in [0.25, 0.3) is 0 Å². The first kappa shape index (κ1) is 22.4. The number of hydrogen-bond donors (Lipinski definition) is 0. The smallest absolute Gasteiger partial charge is 0.144 e.